The van der Waals surface area contributed by atoms with E-state index in [1.54, 1.807) is 0 Å². The Morgan fingerprint density at radius 1 is 1.32 bits per heavy atom. The first-order valence-corrected chi connectivity index (χ1v) is 8.38. The highest BCUT2D eigenvalue weighted by Gasteiger charge is 2.19. The van der Waals surface area contributed by atoms with E-state index < -0.39 is 0 Å². The fourth-order valence-electron chi connectivity index (χ4n) is 2.96. The molecule has 0 amide bonds. The molecule has 0 atom stereocenters. The first kappa shape index (κ1) is 16.6. The molecule has 2 rings (SSSR count). The number of hydrogen-bond donors (Lipinski definition) is 2. The van der Waals surface area contributed by atoms with Crippen LogP contribution in [-0.4, -0.2) is 30.8 Å². The van der Waals surface area contributed by atoms with E-state index in [-0.39, 0.29) is 6.10 Å². The number of nitriles is 1. The topological polar surface area (TPSA) is 59.3 Å². The molecule has 0 aliphatic carbocycles. The summed E-state index contributed by atoms with van der Waals surface area (Å²) in [6.45, 7) is 7.01. The maximum absolute atomic E-state index is 9.61. The monoisotopic (exact) mass is 301 g/mol. The molecular weight excluding hydrogens is 274 g/mol. The quantitative estimate of drug-likeness (QED) is 0.846. The Hall–Kier alpha value is -1.73. The molecule has 22 heavy (non-hydrogen) atoms. The van der Waals surface area contributed by atoms with E-state index >= 15 is 0 Å². The number of anilines is 2. The molecule has 0 spiro atoms. The maximum atomic E-state index is 9.61. The van der Waals surface area contributed by atoms with Gasteiger partial charge in [-0.15, -0.1) is 0 Å². The molecular formula is C18H27N3O. The highest BCUT2D eigenvalue weighted by molar-refractivity contribution is 5.65. The van der Waals surface area contributed by atoms with Crippen LogP contribution in [0.4, 0.5) is 11.4 Å². The number of piperidine rings is 1. The van der Waals surface area contributed by atoms with Gasteiger partial charge in [0, 0.05) is 25.3 Å². The number of nitrogens with zero attached hydrogens (tertiary/aromatic N) is 2. The van der Waals surface area contributed by atoms with Crippen LogP contribution in [0.3, 0.4) is 0 Å². The second-order valence-corrected chi connectivity index (χ2v) is 6.13. The molecule has 1 aliphatic heterocycles. The van der Waals surface area contributed by atoms with Gasteiger partial charge in [-0.05, 0) is 37.0 Å². The molecule has 2 N–H and O–H groups in total. The lowest BCUT2D eigenvalue weighted by Gasteiger charge is -2.32. The number of aliphatic hydroxyl groups excluding tert-OH is 1. The van der Waals surface area contributed by atoms with E-state index in [9.17, 15) is 10.4 Å². The largest absolute Gasteiger partial charge is 0.393 e. The molecule has 1 heterocycles. The van der Waals surface area contributed by atoms with E-state index in [0.29, 0.717) is 11.5 Å². The SMILES string of the molecule is CCC(CC)CNc1ccc(N2CCC(O)CC2)c(C#N)c1. The summed E-state index contributed by atoms with van der Waals surface area (Å²) in [7, 11) is 0. The second kappa shape index (κ2) is 8.05. The van der Waals surface area contributed by atoms with Gasteiger partial charge >= 0.3 is 0 Å². The number of nitrogens with one attached hydrogen (secondary N) is 1. The van der Waals surface area contributed by atoms with Gasteiger partial charge in [0.15, 0.2) is 0 Å². The molecule has 0 bridgehead atoms. The van der Waals surface area contributed by atoms with Crippen molar-refractivity contribution in [1.29, 1.82) is 5.26 Å². The molecule has 0 radical (unpaired) electrons. The van der Waals surface area contributed by atoms with Crippen LogP contribution in [0.5, 0.6) is 0 Å². The minimum atomic E-state index is -0.192. The first-order chi connectivity index (χ1) is 10.7. The molecule has 1 aromatic carbocycles. The van der Waals surface area contributed by atoms with Crippen molar-refractivity contribution in [2.75, 3.05) is 29.9 Å². The molecule has 1 aromatic rings. The van der Waals surface area contributed by atoms with Gasteiger partial charge < -0.3 is 15.3 Å². The Morgan fingerprint density at radius 2 is 2.00 bits per heavy atom. The average molecular weight is 301 g/mol. The van der Waals surface area contributed by atoms with Crippen molar-refractivity contribution in [3.05, 3.63) is 23.8 Å². The summed E-state index contributed by atoms with van der Waals surface area (Å²) in [5.41, 5.74) is 2.72. The lowest BCUT2D eigenvalue weighted by Crippen LogP contribution is -2.36. The van der Waals surface area contributed by atoms with Crippen LogP contribution in [0.2, 0.25) is 0 Å². The minimum absolute atomic E-state index is 0.192. The predicted molar refractivity (Wildman–Crippen MR) is 91.2 cm³/mol. The van der Waals surface area contributed by atoms with Crippen molar-refractivity contribution in [1.82, 2.24) is 0 Å². The van der Waals surface area contributed by atoms with Crippen molar-refractivity contribution in [3.63, 3.8) is 0 Å². The molecule has 0 unspecified atom stereocenters. The summed E-state index contributed by atoms with van der Waals surface area (Å²) in [6.07, 6.45) is 3.70. The molecule has 4 nitrogen and oxygen atoms in total. The van der Waals surface area contributed by atoms with Gasteiger partial charge in [0.2, 0.25) is 0 Å². The first-order valence-electron chi connectivity index (χ1n) is 8.38. The predicted octanol–water partition coefficient (Wildman–Crippen LogP) is 3.37. The van der Waals surface area contributed by atoms with Gasteiger partial charge in [-0.25, -0.2) is 0 Å². The average Bonchev–Trinajstić information content (AvgIpc) is 2.56. The highest BCUT2D eigenvalue weighted by atomic mass is 16.3. The Labute approximate surface area is 133 Å². The minimum Gasteiger partial charge on any atom is -0.393 e. The van der Waals surface area contributed by atoms with E-state index in [1.165, 1.54) is 12.8 Å². The molecule has 1 fully saturated rings. The van der Waals surface area contributed by atoms with Crippen LogP contribution in [0.25, 0.3) is 0 Å². The third-order valence-corrected chi connectivity index (χ3v) is 4.67. The van der Waals surface area contributed by atoms with Crippen LogP contribution >= 0.6 is 0 Å². The van der Waals surface area contributed by atoms with Crippen LogP contribution in [-0.2, 0) is 0 Å². The van der Waals surface area contributed by atoms with Crippen LogP contribution in [0.15, 0.2) is 18.2 Å². The van der Waals surface area contributed by atoms with E-state index in [4.69, 9.17) is 0 Å². The van der Waals surface area contributed by atoms with Crippen LogP contribution in [0.1, 0.15) is 45.1 Å². The summed E-state index contributed by atoms with van der Waals surface area (Å²) in [4.78, 5) is 2.20. The summed E-state index contributed by atoms with van der Waals surface area (Å²) in [5, 5.41) is 22.5. The smallest absolute Gasteiger partial charge is 0.101 e. The van der Waals surface area contributed by atoms with Crippen LogP contribution < -0.4 is 10.2 Å². The van der Waals surface area contributed by atoms with Crippen molar-refractivity contribution in [3.8, 4) is 6.07 Å². The van der Waals surface area contributed by atoms with Crippen molar-refractivity contribution in [2.45, 2.75) is 45.6 Å². The number of hydrogen-bond acceptors (Lipinski definition) is 4. The summed E-state index contributed by atoms with van der Waals surface area (Å²) in [5.74, 6) is 0.675. The molecule has 1 aliphatic rings. The highest BCUT2D eigenvalue weighted by Crippen LogP contribution is 2.27. The van der Waals surface area contributed by atoms with Gasteiger partial charge in [0.1, 0.15) is 6.07 Å². The second-order valence-electron chi connectivity index (χ2n) is 6.13. The lowest BCUT2D eigenvalue weighted by atomic mass is 10.0. The van der Waals surface area contributed by atoms with Gasteiger partial charge in [-0.1, -0.05) is 26.7 Å². The van der Waals surface area contributed by atoms with Crippen molar-refractivity contribution >= 4 is 11.4 Å². The Kier molecular flexibility index (Phi) is 6.09. The van der Waals surface area contributed by atoms with Gasteiger partial charge in [-0.3, -0.25) is 0 Å². The van der Waals surface area contributed by atoms with E-state index in [0.717, 1.165) is 43.9 Å². The van der Waals surface area contributed by atoms with Crippen molar-refractivity contribution in [2.24, 2.45) is 5.92 Å². The summed E-state index contributed by atoms with van der Waals surface area (Å²) in [6, 6.07) is 8.36. The summed E-state index contributed by atoms with van der Waals surface area (Å²) < 4.78 is 0. The van der Waals surface area contributed by atoms with E-state index in [2.05, 4.69) is 36.2 Å². The zero-order valence-electron chi connectivity index (χ0n) is 13.7. The molecule has 0 saturated carbocycles. The Balaban J connectivity index is 2.06. The standard InChI is InChI=1S/C18H27N3O/c1-3-14(4-2)13-20-16-5-6-18(15(11-16)12-19)21-9-7-17(22)8-10-21/h5-6,11,14,17,20,22H,3-4,7-10,13H2,1-2H3. The third kappa shape index (κ3) is 4.14. The number of rotatable bonds is 6. The Morgan fingerprint density at radius 3 is 2.59 bits per heavy atom. The normalized spacial score (nSPS) is 15.9. The molecule has 4 heteroatoms. The maximum Gasteiger partial charge on any atom is 0.101 e. The number of aliphatic hydroxyl groups is 1. The number of benzene rings is 1. The Bertz CT molecular complexity index is 512. The van der Waals surface area contributed by atoms with Gasteiger partial charge in [0.05, 0.1) is 17.4 Å². The van der Waals surface area contributed by atoms with Crippen LogP contribution in [0, 0.1) is 17.2 Å². The zero-order chi connectivity index (χ0) is 15.9. The fourth-order valence-corrected chi connectivity index (χ4v) is 2.96. The third-order valence-electron chi connectivity index (χ3n) is 4.67. The van der Waals surface area contributed by atoms with Crippen molar-refractivity contribution < 1.29 is 5.11 Å². The summed E-state index contributed by atoms with van der Waals surface area (Å²) >= 11 is 0. The lowest BCUT2D eigenvalue weighted by molar-refractivity contribution is 0.145. The van der Waals surface area contributed by atoms with Gasteiger partial charge in [0.25, 0.3) is 0 Å². The molecule has 120 valence electrons. The van der Waals surface area contributed by atoms with E-state index in [1.807, 2.05) is 12.1 Å². The molecule has 0 aromatic heterocycles. The molecule has 1 saturated heterocycles. The fraction of sp³-hybridized carbons (Fsp3) is 0.611. The zero-order valence-corrected chi connectivity index (χ0v) is 13.7. The van der Waals surface area contributed by atoms with Gasteiger partial charge in [-0.2, -0.15) is 5.26 Å².